The van der Waals surface area contributed by atoms with Crippen molar-refractivity contribution in [1.29, 1.82) is 0 Å². The first kappa shape index (κ1) is 6.74. The SMILES string of the molecule is O=C(CO)S(=O)O. The average molecular weight is 124 g/mol. The summed E-state index contributed by atoms with van der Waals surface area (Å²) in [6.07, 6.45) is 0. The van der Waals surface area contributed by atoms with Crippen molar-refractivity contribution < 1.29 is 18.7 Å². The largest absolute Gasteiger partial charge is 0.387 e. The van der Waals surface area contributed by atoms with E-state index in [9.17, 15) is 9.00 Å². The third-order valence-corrected chi connectivity index (χ3v) is 0.842. The Labute approximate surface area is 42.4 Å². The van der Waals surface area contributed by atoms with Gasteiger partial charge in [-0.05, 0) is 0 Å². The fourth-order valence-electron chi connectivity index (χ4n) is 0.0552. The van der Waals surface area contributed by atoms with E-state index in [4.69, 9.17) is 9.66 Å². The van der Waals surface area contributed by atoms with Gasteiger partial charge in [0, 0.05) is 0 Å². The van der Waals surface area contributed by atoms with Gasteiger partial charge in [-0.2, -0.15) is 0 Å². The molecule has 0 aliphatic rings. The van der Waals surface area contributed by atoms with Crippen molar-refractivity contribution in [2.45, 2.75) is 0 Å². The maximum Gasteiger partial charge on any atom is 0.271 e. The molecule has 0 aromatic rings. The summed E-state index contributed by atoms with van der Waals surface area (Å²) in [5.74, 6) is 0. The molecular weight excluding hydrogens is 120 g/mol. The van der Waals surface area contributed by atoms with Crippen LogP contribution < -0.4 is 0 Å². The molecule has 0 saturated heterocycles. The summed E-state index contributed by atoms with van der Waals surface area (Å²) < 4.78 is 17.3. The second-order valence-corrected chi connectivity index (χ2v) is 1.73. The lowest BCUT2D eigenvalue weighted by atomic mass is 10.8. The van der Waals surface area contributed by atoms with Crippen LogP contribution in [0.2, 0.25) is 0 Å². The summed E-state index contributed by atoms with van der Waals surface area (Å²) in [5.41, 5.74) is 0. The van der Waals surface area contributed by atoms with E-state index in [0.717, 1.165) is 0 Å². The van der Waals surface area contributed by atoms with Crippen LogP contribution in [0.25, 0.3) is 0 Å². The van der Waals surface area contributed by atoms with Gasteiger partial charge in [0.2, 0.25) is 11.1 Å². The second-order valence-electron chi connectivity index (χ2n) is 0.779. The van der Waals surface area contributed by atoms with E-state index in [1.54, 1.807) is 0 Å². The number of hydrogen-bond acceptors (Lipinski definition) is 3. The highest BCUT2D eigenvalue weighted by Crippen LogP contribution is 1.72. The standard InChI is InChI=1S/C2H4O4S/c3-1-2(4)7(5)6/h3H,1H2,(H,5,6). The van der Waals surface area contributed by atoms with Crippen LogP contribution in [-0.4, -0.2) is 25.6 Å². The van der Waals surface area contributed by atoms with Gasteiger partial charge in [0.1, 0.15) is 6.61 Å². The maximum atomic E-state index is 9.71. The van der Waals surface area contributed by atoms with Gasteiger partial charge in [0.25, 0.3) is 5.12 Å². The van der Waals surface area contributed by atoms with Crippen molar-refractivity contribution in [2.75, 3.05) is 6.61 Å². The third-order valence-electron chi connectivity index (χ3n) is 0.324. The smallest absolute Gasteiger partial charge is 0.271 e. The maximum absolute atomic E-state index is 9.71. The van der Waals surface area contributed by atoms with E-state index in [2.05, 4.69) is 0 Å². The Kier molecular flexibility index (Phi) is 2.73. The molecule has 1 atom stereocenters. The van der Waals surface area contributed by atoms with Crippen LogP contribution in [0, 0.1) is 0 Å². The summed E-state index contributed by atoms with van der Waals surface area (Å²) in [7, 11) is 0. The first-order valence-electron chi connectivity index (χ1n) is 1.43. The van der Waals surface area contributed by atoms with E-state index in [-0.39, 0.29) is 0 Å². The van der Waals surface area contributed by atoms with Crippen LogP contribution in [0.1, 0.15) is 0 Å². The molecule has 0 spiro atoms. The molecule has 0 heterocycles. The molecule has 0 aromatic heterocycles. The number of aliphatic hydroxyl groups is 1. The highest BCUT2D eigenvalue weighted by atomic mass is 32.2. The summed E-state index contributed by atoms with van der Waals surface area (Å²) in [6, 6.07) is 0. The minimum atomic E-state index is -2.50. The quantitative estimate of drug-likeness (QED) is 0.427. The van der Waals surface area contributed by atoms with Crippen molar-refractivity contribution in [3.63, 3.8) is 0 Å². The van der Waals surface area contributed by atoms with E-state index in [0.29, 0.717) is 0 Å². The molecule has 2 N–H and O–H groups in total. The normalized spacial score (nSPS) is 13.4. The lowest BCUT2D eigenvalue weighted by Crippen LogP contribution is -2.09. The van der Waals surface area contributed by atoms with Crippen molar-refractivity contribution >= 4 is 16.2 Å². The van der Waals surface area contributed by atoms with Crippen molar-refractivity contribution in [2.24, 2.45) is 0 Å². The number of rotatable bonds is 1. The van der Waals surface area contributed by atoms with Gasteiger partial charge in [-0.3, -0.25) is 9.35 Å². The Morgan fingerprint density at radius 2 is 2.14 bits per heavy atom. The van der Waals surface area contributed by atoms with Crippen molar-refractivity contribution in [1.82, 2.24) is 0 Å². The van der Waals surface area contributed by atoms with Gasteiger partial charge in [-0.1, -0.05) is 0 Å². The Morgan fingerprint density at radius 1 is 1.71 bits per heavy atom. The summed E-state index contributed by atoms with van der Waals surface area (Å²) >= 11 is -2.50. The van der Waals surface area contributed by atoms with E-state index >= 15 is 0 Å². The molecular formula is C2H4O4S. The zero-order valence-electron chi connectivity index (χ0n) is 3.33. The average Bonchev–Trinajstić information content (AvgIpc) is 1.65. The lowest BCUT2D eigenvalue weighted by Gasteiger charge is -1.81. The minimum absolute atomic E-state index is 0.872. The van der Waals surface area contributed by atoms with Crippen molar-refractivity contribution in [3.8, 4) is 0 Å². The Morgan fingerprint density at radius 3 is 2.14 bits per heavy atom. The lowest BCUT2D eigenvalue weighted by molar-refractivity contribution is -0.114. The Bertz CT molecular complexity index is 97.9. The number of hydrogen-bond donors (Lipinski definition) is 2. The summed E-state index contributed by atoms with van der Waals surface area (Å²) in [6.45, 7) is -0.872. The molecule has 5 heteroatoms. The molecule has 7 heavy (non-hydrogen) atoms. The number of aliphatic hydroxyl groups excluding tert-OH is 1. The predicted molar refractivity (Wildman–Crippen MR) is 22.9 cm³/mol. The Balaban J connectivity index is 3.58. The van der Waals surface area contributed by atoms with Crippen LogP contribution in [0.3, 0.4) is 0 Å². The minimum Gasteiger partial charge on any atom is -0.387 e. The van der Waals surface area contributed by atoms with E-state index < -0.39 is 22.8 Å². The zero-order chi connectivity index (χ0) is 5.86. The topological polar surface area (TPSA) is 74.6 Å². The number of carbonyl (C=O) groups excluding carboxylic acids is 1. The van der Waals surface area contributed by atoms with Crippen LogP contribution >= 0.6 is 0 Å². The van der Waals surface area contributed by atoms with Gasteiger partial charge in [-0.25, -0.2) is 4.21 Å². The summed E-state index contributed by atoms with van der Waals surface area (Å²) in [4.78, 5) is 9.71. The third kappa shape index (κ3) is 2.44. The summed E-state index contributed by atoms with van der Waals surface area (Å²) in [5, 5.41) is 6.73. The highest BCUT2D eigenvalue weighted by Gasteiger charge is 2.03. The molecule has 0 amide bonds. The van der Waals surface area contributed by atoms with Gasteiger partial charge in [0.15, 0.2) is 0 Å². The van der Waals surface area contributed by atoms with Crippen molar-refractivity contribution in [3.05, 3.63) is 0 Å². The monoisotopic (exact) mass is 124 g/mol. The Hall–Kier alpha value is -0.260. The fraction of sp³-hybridized carbons (Fsp3) is 0.500. The van der Waals surface area contributed by atoms with Crippen LogP contribution in [-0.2, 0) is 15.9 Å². The first-order chi connectivity index (χ1) is 3.18. The van der Waals surface area contributed by atoms with Gasteiger partial charge in [0.05, 0.1) is 0 Å². The molecule has 0 rings (SSSR count). The van der Waals surface area contributed by atoms with Gasteiger partial charge in [-0.15, -0.1) is 0 Å². The molecule has 0 bridgehead atoms. The molecule has 0 saturated carbocycles. The zero-order valence-corrected chi connectivity index (χ0v) is 4.14. The van der Waals surface area contributed by atoms with Crippen LogP contribution in [0.5, 0.6) is 0 Å². The van der Waals surface area contributed by atoms with Crippen LogP contribution in [0.15, 0.2) is 0 Å². The highest BCUT2D eigenvalue weighted by molar-refractivity contribution is 7.95. The van der Waals surface area contributed by atoms with E-state index in [1.165, 1.54) is 0 Å². The van der Waals surface area contributed by atoms with Crippen LogP contribution in [0.4, 0.5) is 0 Å². The molecule has 4 nitrogen and oxygen atoms in total. The predicted octanol–water partition coefficient (Wildman–Crippen LogP) is -1.27. The molecule has 42 valence electrons. The molecule has 0 radical (unpaired) electrons. The first-order valence-corrected chi connectivity index (χ1v) is 2.53. The molecule has 0 aliphatic heterocycles. The van der Waals surface area contributed by atoms with E-state index in [1.807, 2.05) is 0 Å². The molecule has 0 aromatic carbocycles. The molecule has 0 aliphatic carbocycles. The second kappa shape index (κ2) is 2.84. The molecule has 0 fully saturated rings. The van der Waals surface area contributed by atoms with Gasteiger partial charge >= 0.3 is 0 Å². The number of carbonyl (C=O) groups is 1. The molecule has 1 unspecified atom stereocenters. The van der Waals surface area contributed by atoms with Gasteiger partial charge < -0.3 is 5.11 Å². The fourth-order valence-corrected chi connectivity index (χ4v) is 0.166.